The van der Waals surface area contributed by atoms with Crippen LogP contribution in [-0.2, 0) is 6.54 Å². The minimum absolute atomic E-state index is 0.158. The van der Waals surface area contributed by atoms with Crippen molar-refractivity contribution in [3.63, 3.8) is 0 Å². The second kappa shape index (κ2) is 5.30. The van der Waals surface area contributed by atoms with Gasteiger partial charge in [0.25, 0.3) is 0 Å². The van der Waals surface area contributed by atoms with E-state index in [1.54, 1.807) is 12.1 Å². The Balaban J connectivity index is 2.08. The molecule has 0 fully saturated rings. The highest BCUT2D eigenvalue weighted by Gasteiger charge is 2.12. The molecule has 0 aliphatic rings. The van der Waals surface area contributed by atoms with Gasteiger partial charge in [0.1, 0.15) is 11.6 Å². The number of nitrogens with two attached hydrogens (primary N) is 1. The third-order valence-electron chi connectivity index (χ3n) is 2.46. The van der Waals surface area contributed by atoms with Crippen LogP contribution in [0.4, 0.5) is 21.7 Å². The van der Waals surface area contributed by atoms with Crippen molar-refractivity contribution < 1.29 is 9.31 Å². The number of halogens is 1. The van der Waals surface area contributed by atoms with Gasteiger partial charge in [-0.15, -0.1) is 0 Å². The molecular weight excluding hydrogens is 251 g/mol. The van der Waals surface area contributed by atoms with Crippen LogP contribution >= 0.6 is 0 Å². The molecular formula is C12H11FN4O2. The number of hydrogen-bond acceptors (Lipinski definition) is 5. The Morgan fingerprint density at radius 3 is 2.79 bits per heavy atom. The zero-order valence-corrected chi connectivity index (χ0v) is 9.84. The quantitative estimate of drug-likeness (QED) is 0.651. The highest BCUT2D eigenvalue weighted by Crippen LogP contribution is 2.21. The van der Waals surface area contributed by atoms with Crippen LogP contribution in [-0.4, -0.2) is 9.91 Å². The number of nitrogens with one attached hydrogen (secondary N) is 1. The summed E-state index contributed by atoms with van der Waals surface area (Å²) in [6.07, 6.45) is 0. The van der Waals surface area contributed by atoms with Gasteiger partial charge < -0.3 is 11.1 Å². The van der Waals surface area contributed by atoms with Gasteiger partial charge in [0.05, 0.1) is 4.92 Å². The van der Waals surface area contributed by atoms with E-state index >= 15 is 0 Å². The van der Waals surface area contributed by atoms with Gasteiger partial charge in [-0.25, -0.2) is 9.37 Å². The van der Waals surface area contributed by atoms with Crippen LogP contribution < -0.4 is 11.1 Å². The number of anilines is 2. The molecule has 0 amide bonds. The molecule has 1 heterocycles. The van der Waals surface area contributed by atoms with Crippen LogP contribution in [0.25, 0.3) is 0 Å². The standard InChI is InChI=1S/C12H11FN4O2/c13-9-3-1-2-8(6-9)7-15-11-5-4-10(17(18)19)12(14)16-11/h1-6H,7H2,(H3,14,15,16). The molecule has 0 unspecified atom stereocenters. The van der Waals surface area contributed by atoms with E-state index in [4.69, 9.17) is 5.73 Å². The monoisotopic (exact) mass is 262 g/mol. The Labute approximate surface area is 108 Å². The number of aromatic nitrogens is 1. The van der Waals surface area contributed by atoms with Crippen LogP contribution in [0.5, 0.6) is 0 Å². The van der Waals surface area contributed by atoms with Crippen LogP contribution in [0, 0.1) is 15.9 Å². The van der Waals surface area contributed by atoms with Gasteiger partial charge in [-0.05, 0) is 23.8 Å². The SMILES string of the molecule is Nc1nc(NCc2cccc(F)c2)ccc1[N+](=O)[O-]. The maximum Gasteiger partial charge on any atom is 0.311 e. The summed E-state index contributed by atoms with van der Waals surface area (Å²) in [5.41, 5.74) is 5.96. The van der Waals surface area contributed by atoms with Crippen LogP contribution in [0.2, 0.25) is 0 Å². The number of nitrogens with zero attached hydrogens (tertiary/aromatic N) is 2. The van der Waals surface area contributed by atoms with Gasteiger partial charge in [-0.3, -0.25) is 10.1 Å². The van der Waals surface area contributed by atoms with Gasteiger partial charge >= 0.3 is 5.69 Å². The summed E-state index contributed by atoms with van der Waals surface area (Å²) >= 11 is 0. The van der Waals surface area contributed by atoms with Crippen molar-refractivity contribution in [1.29, 1.82) is 0 Å². The predicted molar refractivity (Wildman–Crippen MR) is 69.0 cm³/mol. The minimum atomic E-state index is -0.599. The molecule has 2 aromatic rings. The first-order chi connectivity index (χ1) is 9.06. The number of nitro groups is 1. The number of hydrogen-bond donors (Lipinski definition) is 2. The fraction of sp³-hybridized carbons (Fsp3) is 0.0833. The zero-order chi connectivity index (χ0) is 13.8. The summed E-state index contributed by atoms with van der Waals surface area (Å²) in [5, 5.41) is 13.5. The highest BCUT2D eigenvalue weighted by atomic mass is 19.1. The van der Waals surface area contributed by atoms with Crippen molar-refractivity contribution in [1.82, 2.24) is 4.98 Å². The Bertz CT molecular complexity index is 618. The first-order valence-electron chi connectivity index (χ1n) is 5.45. The average Bonchev–Trinajstić information content (AvgIpc) is 2.36. The largest absolute Gasteiger partial charge is 0.378 e. The van der Waals surface area contributed by atoms with Crippen molar-refractivity contribution in [2.75, 3.05) is 11.1 Å². The second-order valence-electron chi connectivity index (χ2n) is 3.84. The fourth-order valence-electron chi connectivity index (χ4n) is 1.56. The molecule has 2 rings (SSSR count). The summed E-state index contributed by atoms with van der Waals surface area (Å²) in [5.74, 6) is -0.0860. The van der Waals surface area contributed by atoms with E-state index in [1.807, 2.05) is 0 Å². The van der Waals surface area contributed by atoms with Crippen LogP contribution in [0.15, 0.2) is 36.4 Å². The predicted octanol–water partition coefficient (Wildman–Crippen LogP) is 2.32. The lowest BCUT2D eigenvalue weighted by atomic mass is 10.2. The Hall–Kier alpha value is -2.70. The number of benzene rings is 1. The normalized spacial score (nSPS) is 10.2. The second-order valence-corrected chi connectivity index (χ2v) is 3.84. The summed E-state index contributed by atoms with van der Waals surface area (Å²) in [6.45, 7) is 0.349. The number of nitrogen functional groups attached to an aromatic ring is 1. The molecule has 1 aromatic carbocycles. The van der Waals surface area contributed by atoms with E-state index in [1.165, 1.54) is 24.3 Å². The van der Waals surface area contributed by atoms with Crippen LogP contribution in [0.3, 0.4) is 0 Å². The molecule has 0 aliphatic heterocycles. The summed E-state index contributed by atoms with van der Waals surface area (Å²) in [6, 6.07) is 8.83. The Kier molecular flexibility index (Phi) is 3.56. The molecule has 0 radical (unpaired) electrons. The van der Waals surface area contributed by atoms with Gasteiger partial charge in [0.2, 0.25) is 5.82 Å². The Morgan fingerprint density at radius 2 is 2.16 bits per heavy atom. The molecule has 1 aromatic heterocycles. The van der Waals surface area contributed by atoms with Gasteiger partial charge in [0, 0.05) is 12.6 Å². The van der Waals surface area contributed by atoms with E-state index in [0.717, 1.165) is 5.56 Å². The third kappa shape index (κ3) is 3.15. The minimum Gasteiger partial charge on any atom is -0.378 e. The lowest BCUT2D eigenvalue weighted by Gasteiger charge is -2.06. The molecule has 7 heteroatoms. The molecule has 0 spiro atoms. The topological polar surface area (TPSA) is 94.1 Å². The maximum absolute atomic E-state index is 13.0. The average molecular weight is 262 g/mol. The molecule has 6 nitrogen and oxygen atoms in total. The maximum atomic E-state index is 13.0. The van der Waals surface area contributed by atoms with E-state index in [9.17, 15) is 14.5 Å². The van der Waals surface area contributed by atoms with E-state index < -0.39 is 4.92 Å². The van der Waals surface area contributed by atoms with Gasteiger partial charge in [-0.2, -0.15) is 0 Å². The molecule has 0 aliphatic carbocycles. The molecule has 0 atom stereocenters. The molecule has 0 saturated carbocycles. The Morgan fingerprint density at radius 1 is 1.37 bits per heavy atom. The lowest BCUT2D eigenvalue weighted by Crippen LogP contribution is -2.05. The first-order valence-corrected chi connectivity index (χ1v) is 5.45. The zero-order valence-electron chi connectivity index (χ0n) is 9.84. The molecule has 0 saturated heterocycles. The fourth-order valence-corrected chi connectivity index (χ4v) is 1.56. The summed E-state index contributed by atoms with van der Waals surface area (Å²) in [4.78, 5) is 13.8. The number of rotatable bonds is 4. The van der Waals surface area contributed by atoms with Crippen molar-refractivity contribution >= 4 is 17.3 Å². The summed E-state index contributed by atoms with van der Waals surface area (Å²) < 4.78 is 13.0. The van der Waals surface area contributed by atoms with Crippen molar-refractivity contribution in [2.45, 2.75) is 6.54 Å². The van der Waals surface area contributed by atoms with Crippen LogP contribution in [0.1, 0.15) is 5.56 Å². The van der Waals surface area contributed by atoms with E-state index in [-0.39, 0.29) is 17.3 Å². The molecule has 3 N–H and O–H groups in total. The van der Waals surface area contributed by atoms with Gasteiger partial charge in [-0.1, -0.05) is 12.1 Å². The summed E-state index contributed by atoms with van der Waals surface area (Å²) in [7, 11) is 0. The van der Waals surface area contributed by atoms with Gasteiger partial charge in [0.15, 0.2) is 0 Å². The van der Waals surface area contributed by atoms with Crippen molar-refractivity contribution in [3.05, 3.63) is 57.9 Å². The molecule has 19 heavy (non-hydrogen) atoms. The lowest BCUT2D eigenvalue weighted by molar-refractivity contribution is -0.384. The number of pyridine rings is 1. The molecule has 98 valence electrons. The smallest absolute Gasteiger partial charge is 0.311 e. The third-order valence-corrected chi connectivity index (χ3v) is 2.46. The highest BCUT2D eigenvalue weighted by molar-refractivity contribution is 5.57. The van der Waals surface area contributed by atoms with E-state index in [2.05, 4.69) is 10.3 Å². The van der Waals surface area contributed by atoms with E-state index in [0.29, 0.717) is 12.4 Å². The van der Waals surface area contributed by atoms with Crippen molar-refractivity contribution in [2.24, 2.45) is 0 Å². The van der Waals surface area contributed by atoms with Crippen molar-refractivity contribution in [3.8, 4) is 0 Å². The molecule has 0 bridgehead atoms. The first kappa shape index (κ1) is 12.7.